The average molecular weight is 310 g/mol. The molecule has 0 N–H and O–H groups in total. The molecule has 2 aromatic rings. The van der Waals surface area contributed by atoms with Gasteiger partial charge in [0, 0.05) is 26.4 Å². The third-order valence-electron chi connectivity index (χ3n) is 3.90. The second-order valence-electron chi connectivity index (χ2n) is 5.23. The lowest BCUT2D eigenvalue weighted by molar-refractivity contribution is -0.137. The Morgan fingerprint density at radius 3 is 2.62 bits per heavy atom. The van der Waals surface area contributed by atoms with E-state index in [1.54, 1.807) is 4.68 Å². The second-order valence-corrected chi connectivity index (χ2v) is 5.61. The molecule has 1 aliphatic heterocycles. The minimum atomic E-state index is -0.555. The zero-order valence-electron chi connectivity index (χ0n) is 12.1. The molecule has 8 heteroatoms. The Labute approximate surface area is 126 Å². The average Bonchev–Trinajstić information content (AvgIpc) is 3.01. The maximum Gasteiger partial charge on any atom is 0.252 e. The number of fused-ring (bicyclic) bond motifs is 1. The fourth-order valence-electron chi connectivity index (χ4n) is 2.87. The zero-order valence-corrected chi connectivity index (χ0v) is 12.9. The van der Waals surface area contributed by atoms with Crippen molar-refractivity contribution in [2.24, 2.45) is 7.05 Å². The van der Waals surface area contributed by atoms with Crippen molar-refractivity contribution in [3.05, 3.63) is 11.5 Å². The van der Waals surface area contributed by atoms with Crippen LogP contribution in [0.15, 0.2) is 0 Å². The van der Waals surface area contributed by atoms with E-state index in [-0.39, 0.29) is 18.2 Å². The van der Waals surface area contributed by atoms with Crippen molar-refractivity contribution in [1.29, 1.82) is 0 Å². The van der Waals surface area contributed by atoms with Gasteiger partial charge in [-0.25, -0.2) is 4.98 Å². The fraction of sp³-hybridized carbons (Fsp3) is 0.538. The first-order chi connectivity index (χ1) is 9.95. The van der Waals surface area contributed by atoms with Crippen LogP contribution in [0.4, 0.5) is 0 Å². The first kappa shape index (κ1) is 14.1. The van der Waals surface area contributed by atoms with Crippen LogP contribution in [0, 0.1) is 6.92 Å². The van der Waals surface area contributed by atoms with Gasteiger partial charge in [-0.15, -0.1) is 11.6 Å². The Morgan fingerprint density at radius 1 is 1.33 bits per heavy atom. The minimum Gasteiger partial charge on any atom is -0.300 e. The van der Waals surface area contributed by atoms with Gasteiger partial charge in [-0.05, 0) is 6.92 Å². The van der Waals surface area contributed by atoms with Gasteiger partial charge in [0.05, 0.1) is 12.1 Å². The summed E-state index contributed by atoms with van der Waals surface area (Å²) in [6, 6.07) is -0.555. The Kier molecular flexibility index (Phi) is 3.24. The van der Waals surface area contributed by atoms with E-state index >= 15 is 0 Å². The Morgan fingerprint density at radius 2 is 2.05 bits per heavy atom. The van der Waals surface area contributed by atoms with Gasteiger partial charge in [0.15, 0.2) is 5.65 Å². The highest BCUT2D eigenvalue weighted by Gasteiger charge is 2.39. The number of hydrogen-bond acceptors (Lipinski definition) is 4. The summed E-state index contributed by atoms with van der Waals surface area (Å²) in [6.07, 6.45) is 0.692. The van der Waals surface area contributed by atoms with Crippen molar-refractivity contribution < 1.29 is 9.59 Å². The number of amides is 2. The molecule has 1 unspecified atom stereocenters. The zero-order chi connectivity index (χ0) is 15.3. The molecule has 0 bridgehead atoms. The molecule has 1 fully saturated rings. The van der Waals surface area contributed by atoms with E-state index in [0.29, 0.717) is 12.3 Å². The first-order valence-electron chi connectivity index (χ1n) is 6.72. The number of alkyl halides is 1. The summed E-state index contributed by atoms with van der Waals surface area (Å²) in [5.41, 5.74) is 2.31. The summed E-state index contributed by atoms with van der Waals surface area (Å²) in [5, 5.41) is 4.34. The summed E-state index contributed by atoms with van der Waals surface area (Å²) in [4.78, 5) is 29.9. The van der Waals surface area contributed by atoms with Crippen LogP contribution in [0.25, 0.3) is 11.2 Å². The van der Waals surface area contributed by atoms with E-state index in [0.717, 1.165) is 22.7 Å². The van der Waals surface area contributed by atoms with E-state index in [9.17, 15) is 9.59 Å². The van der Waals surface area contributed by atoms with Crippen molar-refractivity contribution in [3.63, 3.8) is 0 Å². The van der Waals surface area contributed by atoms with Crippen molar-refractivity contribution in [2.45, 2.75) is 25.8 Å². The monoisotopic (exact) mass is 309 g/mol. The highest BCUT2D eigenvalue weighted by molar-refractivity contribution is 6.18. The molecule has 0 aliphatic carbocycles. The molecular weight excluding hydrogens is 294 g/mol. The standard InChI is InChI=1S/C13H16ClN5O2/c1-7-11-12(18(3)16-7)19(9(15-11)4-5-14)8-6-10(20)17(2)13(8)21/h8H,4-6H2,1-3H3. The molecule has 0 aromatic carbocycles. The quantitative estimate of drug-likeness (QED) is 0.620. The van der Waals surface area contributed by atoms with E-state index in [1.807, 2.05) is 18.5 Å². The molecule has 21 heavy (non-hydrogen) atoms. The van der Waals surface area contributed by atoms with Crippen molar-refractivity contribution >= 4 is 34.6 Å². The topological polar surface area (TPSA) is 73.0 Å². The maximum atomic E-state index is 12.3. The molecular formula is C13H16ClN5O2. The normalized spacial score (nSPS) is 19.2. The van der Waals surface area contributed by atoms with Crippen LogP contribution in [0.1, 0.15) is 24.0 Å². The molecule has 7 nitrogen and oxygen atoms in total. The molecule has 3 heterocycles. The number of likely N-dealkylation sites (tertiary alicyclic amines) is 1. The number of aryl methyl sites for hydroxylation is 3. The molecule has 1 atom stereocenters. The number of carbonyl (C=O) groups excluding carboxylic acids is 2. The van der Waals surface area contributed by atoms with E-state index < -0.39 is 6.04 Å². The molecule has 2 aromatic heterocycles. The number of imide groups is 1. The lowest BCUT2D eigenvalue weighted by atomic mass is 10.2. The molecule has 2 amide bonds. The number of likely N-dealkylation sites (N-methyl/N-ethyl adjacent to an activating group) is 1. The second kappa shape index (κ2) is 4.84. The lowest BCUT2D eigenvalue weighted by Gasteiger charge is -2.14. The molecule has 112 valence electrons. The van der Waals surface area contributed by atoms with Gasteiger partial charge in [0.25, 0.3) is 5.91 Å². The largest absolute Gasteiger partial charge is 0.300 e. The van der Waals surface area contributed by atoms with Gasteiger partial charge in [0.1, 0.15) is 17.4 Å². The molecule has 3 rings (SSSR count). The van der Waals surface area contributed by atoms with Crippen molar-refractivity contribution in [1.82, 2.24) is 24.2 Å². The summed E-state index contributed by atoms with van der Waals surface area (Å²) >= 11 is 5.84. The molecule has 0 radical (unpaired) electrons. The third kappa shape index (κ3) is 1.95. The Hall–Kier alpha value is -1.89. The van der Waals surface area contributed by atoms with Crippen molar-refractivity contribution in [3.8, 4) is 0 Å². The number of hydrogen-bond donors (Lipinski definition) is 0. The number of aromatic nitrogens is 4. The number of halogens is 1. The summed E-state index contributed by atoms with van der Waals surface area (Å²) in [5.74, 6) is 0.731. The minimum absolute atomic E-state index is 0.153. The number of carbonyl (C=O) groups is 2. The van der Waals surface area contributed by atoms with E-state index in [1.165, 1.54) is 11.9 Å². The maximum absolute atomic E-state index is 12.3. The Balaban J connectivity index is 2.22. The third-order valence-corrected chi connectivity index (χ3v) is 4.08. The van der Waals surface area contributed by atoms with Gasteiger partial charge in [-0.1, -0.05) is 0 Å². The summed E-state index contributed by atoms with van der Waals surface area (Å²) < 4.78 is 3.52. The molecule has 0 saturated carbocycles. The van der Waals surface area contributed by atoms with Crippen LogP contribution in [0.2, 0.25) is 0 Å². The van der Waals surface area contributed by atoms with E-state index in [4.69, 9.17) is 11.6 Å². The van der Waals surface area contributed by atoms with Gasteiger partial charge < -0.3 is 0 Å². The highest BCUT2D eigenvalue weighted by atomic mass is 35.5. The van der Waals surface area contributed by atoms with Crippen LogP contribution in [-0.4, -0.2) is 49.0 Å². The smallest absolute Gasteiger partial charge is 0.252 e. The number of rotatable bonds is 3. The van der Waals surface area contributed by atoms with Crippen LogP contribution < -0.4 is 0 Å². The van der Waals surface area contributed by atoms with Crippen LogP contribution in [0.5, 0.6) is 0 Å². The lowest BCUT2D eigenvalue weighted by Crippen LogP contribution is -2.27. The fourth-order valence-corrected chi connectivity index (χ4v) is 3.04. The van der Waals surface area contributed by atoms with E-state index in [2.05, 4.69) is 10.1 Å². The van der Waals surface area contributed by atoms with Crippen molar-refractivity contribution in [2.75, 3.05) is 12.9 Å². The Bertz CT molecular complexity index is 747. The highest BCUT2D eigenvalue weighted by Crippen LogP contribution is 2.30. The molecule has 1 aliphatic rings. The van der Waals surface area contributed by atoms with Crippen LogP contribution in [0.3, 0.4) is 0 Å². The predicted octanol–water partition coefficient (Wildman–Crippen LogP) is 0.789. The molecule has 1 saturated heterocycles. The van der Waals surface area contributed by atoms with Crippen LogP contribution >= 0.6 is 11.6 Å². The predicted molar refractivity (Wildman–Crippen MR) is 77.1 cm³/mol. The van der Waals surface area contributed by atoms with Gasteiger partial charge in [0.2, 0.25) is 5.91 Å². The summed E-state index contributed by atoms with van der Waals surface area (Å²) in [6.45, 7) is 1.87. The molecule has 0 spiro atoms. The SMILES string of the molecule is Cc1nn(C)c2c1nc(CCCl)n2C1CC(=O)N(C)C1=O. The number of nitrogens with zero attached hydrogens (tertiary/aromatic N) is 5. The van der Waals surface area contributed by atoms with Gasteiger partial charge >= 0.3 is 0 Å². The van der Waals surface area contributed by atoms with Gasteiger partial charge in [-0.2, -0.15) is 5.10 Å². The van der Waals surface area contributed by atoms with Crippen LogP contribution in [-0.2, 0) is 23.1 Å². The summed E-state index contributed by atoms with van der Waals surface area (Å²) in [7, 11) is 3.32. The van der Waals surface area contributed by atoms with Gasteiger partial charge in [-0.3, -0.25) is 23.7 Å². The number of imidazole rings is 1. The first-order valence-corrected chi connectivity index (χ1v) is 7.26.